The molecule has 1 saturated heterocycles. The number of hydrogen-bond acceptors (Lipinski definition) is 5. The minimum absolute atomic E-state index is 0.0767. The topological polar surface area (TPSA) is 75.9 Å². The largest absolute Gasteiger partial charge is 0.357 e. The zero-order valence-electron chi connectivity index (χ0n) is 17.6. The molecule has 0 radical (unpaired) electrons. The molecule has 1 N–H and O–H groups in total. The molecule has 3 aromatic rings. The molecule has 1 aliphatic carbocycles. The summed E-state index contributed by atoms with van der Waals surface area (Å²) in [6.45, 7) is 6.75. The van der Waals surface area contributed by atoms with Gasteiger partial charge in [0.2, 0.25) is 0 Å². The average Bonchev–Trinajstić information content (AvgIpc) is 3.28. The van der Waals surface area contributed by atoms with Gasteiger partial charge >= 0.3 is 0 Å². The van der Waals surface area contributed by atoms with Gasteiger partial charge in [0.15, 0.2) is 5.65 Å². The number of rotatable bonds is 6. The lowest BCUT2D eigenvalue weighted by atomic mass is 10.1. The summed E-state index contributed by atoms with van der Waals surface area (Å²) in [6, 6.07) is 6.21. The summed E-state index contributed by atoms with van der Waals surface area (Å²) in [7, 11) is 0. The molecule has 0 aromatic carbocycles. The number of aromatic nitrogens is 4. The van der Waals surface area contributed by atoms with E-state index in [2.05, 4.69) is 40.2 Å². The molecule has 7 heteroatoms. The summed E-state index contributed by atoms with van der Waals surface area (Å²) in [5, 5.41) is 8.41. The average molecular weight is 405 g/mol. The third-order valence-electron chi connectivity index (χ3n) is 6.01. The van der Waals surface area contributed by atoms with Gasteiger partial charge in [0, 0.05) is 43.5 Å². The molecule has 0 spiro atoms. The molecule has 1 aliphatic heterocycles. The molecule has 5 rings (SSSR count). The van der Waals surface area contributed by atoms with E-state index < -0.39 is 0 Å². The quantitative estimate of drug-likeness (QED) is 0.676. The van der Waals surface area contributed by atoms with E-state index >= 15 is 0 Å². The maximum Gasteiger partial charge on any atom is 0.252 e. The highest BCUT2D eigenvalue weighted by molar-refractivity contribution is 6.05. The third kappa shape index (κ3) is 3.64. The number of nitrogens with zero attached hydrogens (tertiary/aromatic N) is 5. The Morgan fingerprint density at radius 2 is 2.03 bits per heavy atom. The van der Waals surface area contributed by atoms with Crippen LogP contribution in [-0.4, -0.2) is 38.7 Å². The molecule has 30 heavy (non-hydrogen) atoms. The Balaban J connectivity index is 1.39. The number of amides is 1. The van der Waals surface area contributed by atoms with Crippen LogP contribution in [0, 0.1) is 0 Å². The molecule has 0 atom stereocenters. The van der Waals surface area contributed by atoms with Gasteiger partial charge in [-0.15, -0.1) is 0 Å². The minimum atomic E-state index is -0.0767. The highest BCUT2D eigenvalue weighted by Crippen LogP contribution is 2.40. The van der Waals surface area contributed by atoms with E-state index in [1.54, 1.807) is 6.20 Å². The lowest BCUT2D eigenvalue weighted by Crippen LogP contribution is -2.24. The van der Waals surface area contributed by atoms with Crippen molar-refractivity contribution in [1.29, 1.82) is 0 Å². The molecule has 1 saturated carbocycles. The number of fused-ring (bicyclic) bond motifs is 1. The molecular weight excluding hydrogens is 376 g/mol. The zero-order chi connectivity index (χ0) is 20.7. The van der Waals surface area contributed by atoms with Crippen LogP contribution in [0.1, 0.15) is 73.1 Å². The smallest absolute Gasteiger partial charge is 0.252 e. The van der Waals surface area contributed by atoms with Crippen molar-refractivity contribution in [3.05, 3.63) is 47.4 Å². The van der Waals surface area contributed by atoms with Gasteiger partial charge in [-0.05, 0) is 63.3 Å². The predicted molar refractivity (Wildman–Crippen MR) is 117 cm³/mol. The van der Waals surface area contributed by atoms with E-state index in [1.165, 1.54) is 12.8 Å². The van der Waals surface area contributed by atoms with Gasteiger partial charge < -0.3 is 10.2 Å². The van der Waals surface area contributed by atoms with Crippen molar-refractivity contribution in [2.24, 2.45) is 0 Å². The second kappa shape index (κ2) is 7.70. The van der Waals surface area contributed by atoms with Crippen molar-refractivity contribution in [3.63, 3.8) is 0 Å². The van der Waals surface area contributed by atoms with Gasteiger partial charge in [-0.25, -0.2) is 14.6 Å². The molecule has 7 nitrogen and oxygen atoms in total. The molecule has 3 aromatic heterocycles. The normalized spacial score (nSPS) is 16.6. The first-order valence-electron chi connectivity index (χ1n) is 11.0. The van der Waals surface area contributed by atoms with E-state index in [0.717, 1.165) is 54.0 Å². The molecular formula is C23H28N6O. The molecule has 4 heterocycles. The van der Waals surface area contributed by atoms with Crippen molar-refractivity contribution in [3.8, 4) is 0 Å². The van der Waals surface area contributed by atoms with Gasteiger partial charge in [-0.2, -0.15) is 5.10 Å². The van der Waals surface area contributed by atoms with Crippen molar-refractivity contribution in [2.75, 3.05) is 18.0 Å². The molecule has 2 fully saturated rings. The highest BCUT2D eigenvalue weighted by atomic mass is 16.1. The van der Waals surface area contributed by atoms with Crippen LogP contribution in [-0.2, 0) is 6.54 Å². The Bertz CT molecular complexity index is 1080. The monoisotopic (exact) mass is 404 g/mol. The fraction of sp³-hybridized carbons (Fsp3) is 0.478. The predicted octanol–water partition coefficient (Wildman–Crippen LogP) is 3.81. The van der Waals surface area contributed by atoms with Gasteiger partial charge in [0.05, 0.1) is 17.1 Å². The van der Waals surface area contributed by atoms with E-state index in [1.807, 2.05) is 23.0 Å². The Morgan fingerprint density at radius 1 is 1.23 bits per heavy atom. The first-order valence-corrected chi connectivity index (χ1v) is 11.0. The van der Waals surface area contributed by atoms with E-state index in [4.69, 9.17) is 4.98 Å². The fourth-order valence-corrected chi connectivity index (χ4v) is 4.16. The van der Waals surface area contributed by atoms with E-state index in [-0.39, 0.29) is 11.9 Å². The van der Waals surface area contributed by atoms with Crippen LogP contribution in [0.15, 0.2) is 30.6 Å². The van der Waals surface area contributed by atoms with Crippen LogP contribution in [0.4, 0.5) is 5.82 Å². The summed E-state index contributed by atoms with van der Waals surface area (Å²) in [5.41, 5.74) is 3.54. The maximum absolute atomic E-state index is 13.1. The summed E-state index contributed by atoms with van der Waals surface area (Å²) < 4.78 is 1.91. The van der Waals surface area contributed by atoms with Crippen LogP contribution >= 0.6 is 0 Å². The van der Waals surface area contributed by atoms with Crippen molar-refractivity contribution >= 4 is 22.8 Å². The molecule has 2 aliphatic rings. The molecule has 0 bridgehead atoms. The van der Waals surface area contributed by atoms with Crippen molar-refractivity contribution in [1.82, 2.24) is 25.1 Å². The van der Waals surface area contributed by atoms with Gasteiger partial charge in [0.1, 0.15) is 5.82 Å². The fourth-order valence-electron chi connectivity index (χ4n) is 4.16. The van der Waals surface area contributed by atoms with E-state index in [0.29, 0.717) is 18.0 Å². The Labute approximate surface area is 176 Å². The first kappa shape index (κ1) is 19.0. The Morgan fingerprint density at radius 3 is 2.77 bits per heavy atom. The van der Waals surface area contributed by atoms with Gasteiger partial charge in [0.25, 0.3) is 5.91 Å². The van der Waals surface area contributed by atoms with Crippen LogP contribution in [0.2, 0.25) is 0 Å². The second-order valence-electron chi connectivity index (χ2n) is 8.69. The first-order chi connectivity index (χ1) is 14.6. The number of nitrogens with one attached hydrogen (secondary N) is 1. The Hall–Kier alpha value is -2.96. The number of carbonyl (C=O) groups excluding carboxylic acids is 1. The lowest BCUT2D eigenvalue weighted by Gasteiger charge is -2.17. The van der Waals surface area contributed by atoms with Crippen LogP contribution in [0.3, 0.4) is 0 Å². The number of hydrogen-bond donors (Lipinski definition) is 1. The zero-order valence-corrected chi connectivity index (χ0v) is 17.6. The van der Waals surface area contributed by atoms with Gasteiger partial charge in [-0.3, -0.25) is 4.79 Å². The molecule has 0 unspecified atom stereocenters. The number of carbonyl (C=O) groups is 1. The van der Waals surface area contributed by atoms with Crippen LogP contribution in [0.5, 0.6) is 0 Å². The SMILES string of the molecule is CC(C)n1ncc2c(C(=O)NCc3ccnc(N4CCCC4)c3)cc(C3CC3)nc21. The van der Waals surface area contributed by atoms with Crippen LogP contribution < -0.4 is 10.2 Å². The maximum atomic E-state index is 13.1. The second-order valence-corrected chi connectivity index (χ2v) is 8.69. The molecule has 156 valence electrons. The number of pyridine rings is 2. The van der Waals surface area contributed by atoms with Crippen molar-refractivity contribution < 1.29 is 4.79 Å². The summed E-state index contributed by atoms with van der Waals surface area (Å²) in [5.74, 6) is 1.40. The molecule has 1 amide bonds. The minimum Gasteiger partial charge on any atom is -0.357 e. The summed E-state index contributed by atoms with van der Waals surface area (Å²) >= 11 is 0. The third-order valence-corrected chi connectivity index (χ3v) is 6.01. The lowest BCUT2D eigenvalue weighted by molar-refractivity contribution is 0.0952. The summed E-state index contributed by atoms with van der Waals surface area (Å²) in [6.07, 6.45) is 8.32. The Kier molecular flexibility index (Phi) is 4.89. The van der Waals surface area contributed by atoms with Crippen molar-refractivity contribution in [2.45, 2.75) is 58.0 Å². The highest BCUT2D eigenvalue weighted by Gasteiger charge is 2.28. The summed E-state index contributed by atoms with van der Waals surface area (Å²) in [4.78, 5) is 24.8. The van der Waals surface area contributed by atoms with Gasteiger partial charge in [-0.1, -0.05) is 0 Å². The number of anilines is 1. The van der Waals surface area contributed by atoms with E-state index in [9.17, 15) is 4.79 Å². The van der Waals surface area contributed by atoms with Crippen LogP contribution in [0.25, 0.3) is 11.0 Å². The standard InChI is InChI=1S/C23H28N6O/c1-15(2)29-22-19(14-26-29)18(12-20(27-22)17-5-6-17)23(30)25-13-16-7-8-24-21(11-16)28-9-3-4-10-28/h7-8,11-12,14-15,17H,3-6,9-10,13H2,1-2H3,(H,25,30).